The van der Waals surface area contributed by atoms with Gasteiger partial charge in [-0.25, -0.2) is 5.84 Å². The van der Waals surface area contributed by atoms with Crippen molar-refractivity contribution in [1.82, 2.24) is 5.01 Å². The van der Waals surface area contributed by atoms with E-state index in [1.807, 2.05) is 0 Å². The molecule has 0 spiro atoms. The Balaban J connectivity index is 0.000000490. The van der Waals surface area contributed by atoms with Crippen molar-refractivity contribution < 1.29 is 0 Å². The first kappa shape index (κ1) is 7.39. The van der Waals surface area contributed by atoms with E-state index in [0.717, 1.165) is 0 Å². The van der Waals surface area contributed by atoms with Gasteiger partial charge in [-0.3, -0.25) is 5.01 Å². The Labute approximate surface area is 53.4 Å². The van der Waals surface area contributed by atoms with Gasteiger partial charge in [0.1, 0.15) is 6.67 Å². The maximum Gasteiger partial charge on any atom is 0.145 e. The van der Waals surface area contributed by atoms with Gasteiger partial charge >= 0.3 is 0 Å². The van der Waals surface area contributed by atoms with E-state index in [1.54, 1.807) is 12.4 Å². The molecule has 1 aliphatic rings. The summed E-state index contributed by atoms with van der Waals surface area (Å²) < 4.78 is 0. The number of hydrogen-bond acceptors (Lipinski definition) is 4. The maximum absolute atomic E-state index is 5.23. The summed E-state index contributed by atoms with van der Waals surface area (Å²) in [5.74, 6) is 5.23. The molecule has 0 saturated carbocycles. The van der Waals surface area contributed by atoms with Crippen LogP contribution in [0.5, 0.6) is 0 Å². The van der Waals surface area contributed by atoms with Crippen LogP contribution in [0.3, 0.4) is 0 Å². The van der Waals surface area contributed by atoms with E-state index in [4.69, 9.17) is 5.84 Å². The monoisotopic (exact) mass is 134 g/mol. The Bertz CT molecular complexity index is 110. The van der Waals surface area contributed by atoms with Crippen LogP contribution in [-0.2, 0) is 0 Å². The van der Waals surface area contributed by atoms with Crippen LogP contribution in [0.1, 0.15) is 0 Å². The summed E-state index contributed by atoms with van der Waals surface area (Å²) in [5.41, 5.74) is 0. The van der Waals surface area contributed by atoms with Gasteiger partial charge < -0.3 is 0 Å². The van der Waals surface area contributed by atoms with E-state index in [0.29, 0.717) is 6.67 Å². The summed E-state index contributed by atoms with van der Waals surface area (Å²) in [6.07, 6.45) is 3.20. The van der Waals surface area contributed by atoms with E-state index < -0.39 is 0 Å². The third kappa shape index (κ3) is 1.90. The molecule has 0 aromatic heterocycles. The summed E-state index contributed by atoms with van der Waals surface area (Å²) in [7, 11) is 0. The molecular weight excluding hydrogens is 128 g/mol. The number of azo groups is 1. The minimum absolute atomic E-state index is 0. The van der Waals surface area contributed by atoms with Gasteiger partial charge in [0.15, 0.2) is 0 Å². The summed E-state index contributed by atoms with van der Waals surface area (Å²) in [5, 5.41) is 8.60. The molecule has 0 aromatic carbocycles. The molecule has 0 atom stereocenters. The van der Waals surface area contributed by atoms with Gasteiger partial charge in [0, 0.05) is 6.20 Å². The third-order valence-electron chi connectivity index (χ3n) is 0.633. The van der Waals surface area contributed by atoms with Crippen LogP contribution in [0.2, 0.25) is 0 Å². The van der Waals surface area contributed by atoms with Crippen molar-refractivity contribution in [2.45, 2.75) is 0 Å². The average Bonchev–Trinajstić information content (AvgIpc) is 1.69. The molecule has 4 nitrogen and oxygen atoms in total. The molecule has 46 valence electrons. The number of nitrogens with zero attached hydrogens (tertiary/aromatic N) is 3. The molecule has 0 amide bonds. The van der Waals surface area contributed by atoms with Gasteiger partial charge in [-0.1, -0.05) is 0 Å². The first-order chi connectivity index (χ1) is 3.39. The highest BCUT2D eigenvalue weighted by Crippen LogP contribution is 1.89. The Morgan fingerprint density at radius 2 is 2.38 bits per heavy atom. The minimum Gasteiger partial charge on any atom is -0.293 e. The molecule has 0 radical (unpaired) electrons. The quantitative estimate of drug-likeness (QED) is 0.490. The number of halogens is 1. The normalized spacial score (nSPS) is 15.9. The smallest absolute Gasteiger partial charge is 0.145 e. The highest BCUT2D eigenvalue weighted by Gasteiger charge is 1.88. The lowest BCUT2D eigenvalue weighted by molar-refractivity contribution is 0.388. The summed E-state index contributed by atoms with van der Waals surface area (Å²) in [4.78, 5) is 0. The first-order valence-corrected chi connectivity index (χ1v) is 1.94. The Morgan fingerprint density at radius 1 is 1.62 bits per heavy atom. The molecule has 0 aliphatic carbocycles. The van der Waals surface area contributed by atoms with Crippen molar-refractivity contribution in [2.75, 3.05) is 6.67 Å². The van der Waals surface area contributed by atoms with Gasteiger partial charge in [-0.2, -0.15) is 10.2 Å². The van der Waals surface area contributed by atoms with Gasteiger partial charge in [0.05, 0.1) is 6.20 Å². The van der Waals surface area contributed by atoms with Crippen molar-refractivity contribution in [3.8, 4) is 0 Å². The van der Waals surface area contributed by atoms with E-state index in [2.05, 4.69) is 10.2 Å². The largest absolute Gasteiger partial charge is 0.293 e. The molecule has 0 fully saturated rings. The molecular formula is C3H7ClN4. The number of rotatable bonds is 0. The number of nitrogens with two attached hydrogens (primary N) is 1. The second-order valence-electron chi connectivity index (χ2n) is 1.21. The third-order valence-corrected chi connectivity index (χ3v) is 0.633. The molecule has 1 heterocycles. The molecule has 1 aliphatic heterocycles. The molecule has 5 heteroatoms. The van der Waals surface area contributed by atoms with Crippen LogP contribution in [-0.4, -0.2) is 11.7 Å². The van der Waals surface area contributed by atoms with E-state index >= 15 is 0 Å². The van der Waals surface area contributed by atoms with Crippen molar-refractivity contribution in [2.24, 2.45) is 16.1 Å². The summed E-state index contributed by atoms with van der Waals surface area (Å²) in [6.45, 7) is 0.469. The van der Waals surface area contributed by atoms with Crippen molar-refractivity contribution in [3.63, 3.8) is 0 Å². The second-order valence-corrected chi connectivity index (χ2v) is 1.21. The minimum atomic E-state index is 0. The Hall–Kier alpha value is -0.610. The molecule has 0 unspecified atom stereocenters. The van der Waals surface area contributed by atoms with Crippen molar-refractivity contribution >= 4 is 12.4 Å². The fraction of sp³-hybridized carbons (Fsp3) is 0.333. The Kier molecular flexibility index (Phi) is 3.14. The lowest BCUT2D eigenvalue weighted by Crippen LogP contribution is -2.25. The van der Waals surface area contributed by atoms with E-state index in [9.17, 15) is 0 Å². The molecule has 1 rings (SSSR count). The lowest BCUT2D eigenvalue weighted by atomic mass is 10.8. The van der Waals surface area contributed by atoms with E-state index in [1.165, 1.54) is 5.01 Å². The standard InChI is InChI=1S/C3H6N4.ClH/c4-7-2-1-5-6-3-7;/h1-2H,3-4H2;1H. The van der Waals surface area contributed by atoms with Crippen molar-refractivity contribution in [3.05, 3.63) is 12.4 Å². The van der Waals surface area contributed by atoms with Crippen LogP contribution < -0.4 is 5.84 Å². The Morgan fingerprint density at radius 3 is 2.62 bits per heavy atom. The topological polar surface area (TPSA) is 54.0 Å². The van der Waals surface area contributed by atoms with Gasteiger partial charge in [0.25, 0.3) is 0 Å². The summed E-state index contributed by atoms with van der Waals surface area (Å²) >= 11 is 0. The average molecular weight is 135 g/mol. The predicted octanol–water partition coefficient (Wildman–Crippen LogP) is 0.478. The zero-order valence-electron chi connectivity index (χ0n) is 4.19. The molecule has 0 saturated heterocycles. The van der Waals surface area contributed by atoms with Gasteiger partial charge in [0.2, 0.25) is 0 Å². The van der Waals surface area contributed by atoms with Crippen molar-refractivity contribution in [1.29, 1.82) is 0 Å². The molecule has 2 N–H and O–H groups in total. The zero-order chi connectivity index (χ0) is 5.11. The number of hydrogen-bond donors (Lipinski definition) is 1. The number of hydrazine groups is 1. The SMILES string of the molecule is Cl.NN1C=CN=NC1. The zero-order valence-corrected chi connectivity index (χ0v) is 5.01. The van der Waals surface area contributed by atoms with Gasteiger partial charge in [-0.05, 0) is 0 Å². The van der Waals surface area contributed by atoms with Gasteiger partial charge in [-0.15, -0.1) is 12.4 Å². The lowest BCUT2D eigenvalue weighted by Gasteiger charge is -2.09. The predicted molar refractivity (Wildman–Crippen MR) is 32.1 cm³/mol. The highest BCUT2D eigenvalue weighted by atomic mass is 35.5. The molecule has 0 bridgehead atoms. The van der Waals surface area contributed by atoms with Crippen LogP contribution in [0.15, 0.2) is 22.6 Å². The fourth-order valence-electron chi connectivity index (χ4n) is 0.319. The van der Waals surface area contributed by atoms with E-state index in [-0.39, 0.29) is 12.4 Å². The first-order valence-electron chi connectivity index (χ1n) is 1.94. The summed E-state index contributed by atoms with van der Waals surface area (Å²) in [6, 6.07) is 0. The maximum atomic E-state index is 5.23. The van der Waals surface area contributed by atoms with Crippen LogP contribution in [0.25, 0.3) is 0 Å². The molecule has 8 heavy (non-hydrogen) atoms. The van der Waals surface area contributed by atoms with Crippen LogP contribution in [0.4, 0.5) is 0 Å². The van der Waals surface area contributed by atoms with Crippen LogP contribution >= 0.6 is 12.4 Å². The highest BCUT2D eigenvalue weighted by molar-refractivity contribution is 5.85. The van der Waals surface area contributed by atoms with Crippen LogP contribution in [0, 0.1) is 0 Å². The molecule has 0 aromatic rings. The second kappa shape index (κ2) is 3.40. The fourth-order valence-corrected chi connectivity index (χ4v) is 0.319.